The molecule has 1 aliphatic carbocycles. The summed E-state index contributed by atoms with van der Waals surface area (Å²) in [5, 5.41) is 5.50. The molecule has 6 heteroatoms. The van der Waals surface area contributed by atoms with Crippen molar-refractivity contribution in [2.24, 2.45) is 11.8 Å². The van der Waals surface area contributed by atoms with E-state index < -0.39 is 5.82 Å². The SMILES string of the molecule is O=C(NCc1ccc(F)cc1)C1CCC(C(=O)Nc2ccccc2F)CC1. The number of amides is 2. The second-order valence-corrected chi connectivity index (χ2v) is 6.86. The average Bonchev–Trinajstić information content (AvgIpc) is 2.69. The van der Waals surface area contributed by atoms with Crippen molar-refractivity contribution in [3.05, 3.63) is 65.7 Å². The molecule has 3 rings (SSSR count). The van der Waals surface area contributed by atoms with Crippen LogP contribution in [0.4, 0.5) is 14.5 Å². The Balaban J connectivity index is 1.45. The topological polar surface area (TPSA) is 58.2 Å². The number of hydrogen-bond donors (Lipinski definition) is 2. The third kappa shape index (κ3) is 5.12. The highest BCUT2D eigenvalue weighted by Gasteiger charge is 2.30. The number of nitrogens with one attached hydrogen (secondary N) is 2. The maximum Gasteiger partial charge on any atom is 0.227 e. The summed E-state index contributed by atoms with van der Waals surface area (Å²) < 4.78 is 26.5. The molecule has 2 amide bonds. The van der Waals surface area contributed by atoms with Gasteiger partial charge in [0.05, 0.1) is 5.69 Å². The fourth-order valence-electron chi connectivity index (χ4n) is 3.35. The van der Waals surface area contributed by atoms with Crippen molar-refractivity contribution in [3.8, 4) is 0 Å². The van der Waals surface area contributed by atoms with Crippen LogP contribution in [-0.4, -0.2) is 11.8 Å². The molecule has 2 aromatic rings. The van der Waals surface area contributed by atoms with Gasteiger partial charge in [0.25, 0.3) is 0 Å². The number of anilines is 1. The smallest absolute Gasteiger partial charge is 0.227 e. The zero-order chi connectivity index (χ0) is 19.2. The lowest BCUT2D eigenvalue weighted by molar-refractivity contribution is -0.128. The van der Waals surface area contributed by atoms with Crippen LogP contribution in [0, 0.1) is 23.5 Å². The van der Waals surface area contributed by atoms with Crippen molar-refractivity contribution in [1.29, 1.82) is 0 Å². The fraction of sp³-hybridized carbons (Fsp3) is 0.333. The predicted octanol–water partition coefficient (Wildman–Crippen LogP) is 4.03. The summed E-state index contributed by atoms with van der Waals surface area (Å²) in [6.07, 6.45) is 2.42. The summed E-state index contributed by atoms with van der Waals surface area (Å²) in [5.74, 6) is -1.37. The number of halogens is 2. The van der Waals surface area contributed by atoms with Crippen molar-refractivity contribution < 1.29 is 18.4 Å². The lowest BCUT2D eigenvalue weighted by Gasteiger charge is -2.27. The first-order valence-electron chi connectivity index (χ1n) is 9.10. The van der Waals surface area contributed by atoms with E-state index in [9.17, 15) is 18.4 Å². The molecule has 2 N–H and O–H groups in total. The van der Waals surface area contributed by atoms with E-state index >= 15 is 0 Å². The predicted molar refractivity (Wildman–Crippen MR) is 98.7 cm³/mol. The molecule has 1 saturated carbocycles. The summed E-state index contributed by atoms with van der Waals surface area (Å²) in [6, 6.07) is 12.1. The van der Waals surface area contributed by atoms with E-state index in [0.29, 0.717) is 32.2 Å². The average molecular weight is 372 g/mol. The normalized spacial score (nSPS) is 19.3. The van der Waals surface area contributed by atoms with Crippen LogP contribution in [0.2, 0.25) is 0 Å². The van der Waals surface area contributed by atoms with Gasteiger partial charge >= 0.3 is 0 Å². The van der Waals surface area contributed by atoms with Crippen LogP contribution in [-0.2, 0) is 16.1 Å². The molecule has 0 aromatic heterocycles. The first-order valence-corrected chi connectivity index (χ1v) is 9.10. The molecule has 1 aliphatic rings. The van der Waals surface area contributed by atoms with Gasteiger partial charge < -0.3 is 10.6 Å². The van der Waals surface area contributed by atoms with Crippen molar-refractivity contribution in [2.75, 3.05) is 5.32 Å². The van der Waals surface area contributed by atoms with E-state index in [1.54, 1.807) is 24.3 Å². The molecule has 27 heavy (non-hydrogen) atoms. The number of benzene rings is 2. The van der Waals surface area contributed by atoms with E-state index in [1.807, 2.05) is 0 Å². The van der Waals surface area contributed by atoms with E-state index in [4.69, 9.17) is 0 Å². The zero-order valence-corrected chi connectivity index (χ0v) is 14.9. The Morgan fingerprint density at radius 1 is 0.852 bits per heavy atom. The highest BCUT2D eigenvalue weighted by Crippen LogP contribution is 2.30. The molecule has 1 fully saturated rings. The monoisotopic (exact) mass is 372 g/mol. The highest BCUT2D eigenvalue weighted by molar-refractivity contribution is 5.92. The highest BCUT2D eigenvalue weighted by atomic mass is 19.1. The van der Waals surface area contributed by atoms with Crippen LogP contribution in [0.25, 0.3) is 0 Å². The Morgan fingerprint density at radius 3 is 2.07 bits per heavy atom. The van der Waals surface area contributed by atoms with Gasteiger partial charge in [-0.05, 0) is 55.5 Å². The van der Waals surface area contributed by atoms with Crippen molar-refractivity contribution in [1.82, 2.24) is 5.32 Å². The Morgan fingerprint density at radius 2 is 1.44 bits per heavy atom. The molecule has 4 nitrogen and oxygen atoms in total. The van der Waals surface area contributed by atoms with Crippen LogP contribution in [0.5, 0.6) is 0 Å². The Labute approximate surface area is 157 Å². The van der Waals surface area contributed by atoms with Gasteiger partial charge in [0.15, 0.2) is 0 Å². The number of para-hydroxylation sites is 1. The molecule has 0 atom stereocenters. The maximum atomic E-state index is 13.6. The van der Waals surface area contributed by atoms with Crippen molar-refractivity contribution in [2.45, 2.75) is 32.2 Å². The van der Waals surface area contributed by atoms with Crippen molar-refractivity contribution in [3.63, 3.8) is 0 Å². The third-order valence-corrected chi connectivity index (χ3v) is 4.98. The first-order chi connectivity index (χ1) is 13.0. The van der Waals surface area contributed by atoms with E-state index in [1.165, 1.54) is 24.3 Å². The second kappa shape index (κ2) is 8.75. The van der Waals surface area contributed by atoms with Gasteiger partial charge in [-0.1, -0.05) is 24.3 Å². The summed E-state index contributed by atoms with van der Waals surface area (Å²) in [5.41, 5.74) is 1.02. The molecular weight excluding hydrogens is 350 g/mol. The molecule has 0 aliphatic heterocycles. The number of rotatable bonds is 5. The minimum Gasteiger partial charge on any atom is -0.352 e. The quantitative estimate of drug-likeness (QED) is 0.833. The van der Waals surface area contributed by atoms with E-state index in [-0.39, 0.29) is 35.2 Å². The summed E-state index contributed by atoms with van der Waals surface area (Å²) in [6.45, 7) is 0.354. The summed E-state index contributed by atoms with van der Waals surface area (Å²) in [4.78, 5) is 24.6. The summed E-state index contributed by atoms with van der Waals surface area (Å²) in [7, 11) is 0. The Kier molecular flexibility index (Phi) is 6.16. The molecule has 0 heterocycles. The molecule has 0 unspecified atom stereocenters. The van der Waals surface area contributed by atoms with Gasteiger partial charge in [0.1, 0.15) is 11.6 Å². The number of carbonyl (C=O) groups excluding carboxylic acids is 2. The van der Waals surface area contributed by atoms with Gasteiger partial charge in [-0.25, -0.2) is 8.78 Å². The Hall–Kier alpha value is -2.76. The summed E-state index contributed by atoms with van der Waals surface area (Å²) >= 11 is 0. The van der Waals surface area contributed by atoms with E-state index in [0.717, 1.165) is 5.56 Å². The van der Waals surface area contributed by atoms with Crippen LogP contribution >= 0.6 is 0 Å². The molecule has 142 valence electrons. The lowest BCUT2D eigenvalue weighted by Crippen LogP contribution is -2.35. The van der Waals surface area contributed by atoms with Gasteiger partial charge in [-0.3, -0.25) is 9.59 Å². The largest absolute Gasteiger partial charge is 0.352 e. The van der Waals surface area contributed by atoms with Crippen LogP contribution in [0.1, 0.15) is 31.2 Å². The standard InChI is InChI=1S/C21H22F2N2O2/c22-17-11-5-14(6-12-17)13-24-20(26)15-7-9-16(10-8-15)21(27)25-19-4-2-1-3-18(19)23/h1-6,11-12,15-16H,7-10,13H2,(H,24,26)(H,25,27). The molecule has 2 aromatic carbocycles. The minimum atomic E-state index is -0.459. The van der Waals surface area contributed by atoms with Crippen molar-refractivity contribution >= 4 is 17.5 Å². The first kappa shape index (κ1) is 19.0. The number of hydrogen-bond acceptors (Lipinski definition) is 2. The number of carbonyl (C=O) groups is 2. The van der Waals surface area contributed by atoms with Gasteiger partial charge in [0, 0.05) is 18.4 Å². The molecule has 0 bridgehead atoms. The lowest BCUT2D eigenvalue weighted by atomic mass is 9.81. The fourth-order valence-corrected chi connectivity index (χ4v) is 3.35. The molecule has 0 spiro atoms. The van der Waals surface area contributed by atoms with Gasteiger partial charge in [-0.2, -0.15) is 0 Å². The van der Waals surface area contributed by atoms with Crippen LogP contribution in [0.3, 0.4) is 0 Å². The van der Waals surface area contributed by atoms with Crippen LogP contribution < -0.4 is 10.6 Å². The molecular formula is C21H22F2N2O2. The van der Waals surface area contributed by atoms with E-state index in [2.05, 4.69) is 10.6 Å². The molecule has 0 radical (unpaired) electrons. The minimum absolute atomic E-state index is 0.0488. The zero-order valence-electron chi connectivity index (χ0n) is 14.9. The van der Waals surface area contributed by atoms with Gasteiger partial charge in [-0.15, -0.1) is 0 Å². The Bertz CT molecular complexity index is 800. The molecule has 0 saturated heterocycles. The third-order valence-electron chi connectivity index (χ3n) is 4.98. The van der Waals surface area contributed by atoms with Gasteiger partial charge in [0.2, 0.25) is 11.8 Å². The maximum absolute atomic E-state index is 13.6. The second-order valence-electron chi connectivity index (χ2n) is 6.86. The van der Waals surface area contributed by atoms with Crippen LogP contribution in [0.15, 0.2) is 48.5 Å².